The highest BCUT2D eigenvalue weighted by Crippen LogP contribution is 2.25. The smallest absolute Gasteiger partial charge is 0.221 e. The highest BCUT2D eigenvalue weighted by molar-refractivity contribution is 7.10. The first-order chi connectivity index (χ1) is 12.9. The first-order valence-corrected chi connectivity index (χ1v) is 10.0. The third-order valence-electron chi connectivity index (χ3n) is 4.03. The van der Waals surface area contributed by atoms with Crippen molar-refractivity contribution in [2.75, 3.05) is 6.54 Å². The van der Waals surface area contributed by atoms with Crippen molar-refractivity contribution in [2.24, 2.45) is 5.92 Å². The van der Waals surface area contributed by atoms with Gasteiger partial charge in [0.2, 0.25) is 11.8 Å². The summed E-state index contributed by atoms with van der Waals surface area (Å²) >= 11 is 7.56. The monoisotopic (exact) mass is 406 g/mol. The highest BCUT2D eigenvalue weighted by Gasteiger charge is 2.19. The Labute approximate surface area is 168 Å². The molecule has 0 saturated heterocycles. The maximum absolute atomic E-state index is 12.2. The third-order valence-corrected chi connectivity index (χ3v) is 5.32. The van der Waals surface area contributed by atoms with Crippen LogP contribution in [0, 0.1) is 5.92 Å². The Morgan fingerprint density at radius 1 is 1.04 bits per heavy atom. The minimum atomic E-state index is -0.345. The summed E-state index contributed by atoms with van der Waals surface area (Å²) in [5.41, 5.74) is 0.368. The zero-order chi connectivity index (χ0) is 19.8. The van der Waals surface area contributed by atoms with E-state index in [0.717, 1.165) is 4.88 Å². The van der Waals surface area contributed by atoms with Crippen LogP contribution in [0.2, 0.25) is 5.02 Å². The molecular weight excluding hydrogens is 384 g/mol. The van der Waals surface area contributed by atoms with E-state index in [0.29, 0.717) is 10.6 Å². The molecule has 0 bridgehead atoms. The fraction of sp³-hybridized carbons (Fsp3) is 0.350. The molecule has 0 aliphatic rings. The summed E-state index contributed by atoms with van der Waals surface area (Å²) in [6, 6.07) is 10.6. The van der Waals surface area contributed by atoms with Crippen molar-refractivity contribution in [3.8, 4) is 0 Å². The van der Waals surface area contributed by atoms with Crippen molar-refractivity contribution >= 4 is 40.5 Å². The quantitative estimate of drug-likeness (QED) is 0.618. The lowest BCUT2D eigenvalue weighted by Crippen LogP contribution is -2.33. The van der Waals surface area contributed by atoms with Crippen LogP contribution in [0.3, 0.4) is 0 Å². The van der Waals surface area contributed by atoms with Gasteiger partial charge in [-0.05, 0) is 29.5 Å². The molecule has 1 atom stereocenters. The Bertz CT molecular complexity index is 790. The number of carbonyl (C=O) groups excluding carboxylic acids is 3. The van der Waals surface area contributed by atoms with Gasteiger partial charge in [-0.3, -0.25) is 14.4 Å². The Morgan fingerprint density at radius 3 is 2.37 bits per heavy atom. The molecule has 2 amide bonds. The summed E-state index contributed by atoms with van der Waals surface area (Å²) in [4.78, 5) is 37.3. The Kier molecular flexibility index (Phi) is 8.00. The molecule has 2 rings (SSSR count). The van der Waals surface area contributed by atoms with Gasteiger partial charge in [-0.1, -0.05) is 43.6 Å². The zero-order valence-electron chi connectivity index (χ0n) is 15.3. The number of thiophene rings is 1. The largest absolute Gasteiger partial charge is 0.349 e. The number of Topliss-reactive ketones (excluding diaryl/α,β-unsaturated/α-hetero) is 1. The summed E-state index contributed by atoms with van der Waals surface area (Å²) in [6.07, 6.45) is 0.0948. The predicted octanol–water partition coefficient (Wildman–Crippen LogP) is 3.99. The Balaban J connectivity index is 1.77. The van der Waals surface area contributed by atoms with E-state index < -0.39 is 0 Å². The molecule has 0 saturated carbocycles. The van der Waals surface area contributed by atoms with Crippen LogP contribution in [0.5, 0.6) is 0 Å². The van der Waals surface area contributed by atoms with Crippen LogP contribution >= 0.6 is 22.9 Å². The highest BCUT2D eigenvalue weighted by atomic mass is 35.5. The lowest BCUT2D eigenvalue weighted by molar-refractivity contribution is -0.126. The van der Waals surface area contributed by atoms with Crippen LogP contribution in [-0.2, 0) is 9.59 Å². The van der Waals surface area contributed by atoms with Crippen LogP contribution in [0.25, 0.3) is 0 Å². The van der Waals surface area contributed by atoms with E-state index in [-0.39, 0.29) is 48.9 Å². The second-order valence-electron chi connectivity index (χ2n) is 6.48. The number of benzene rings is 1. The van der Waals surface area contributed by atoms with Crippen molar-refractivity contribution in [2.45, 2.75) is 32.7 Å². The molecule has 27 heavy (non-hydrogen) atoms. The second-order valence-corrected chi connectivity index (χ2v) is 7.87. The fourth-order valence-electron chi connectivity index (χ4n) is 2.56. The Morgan fingerprint density at radius 2 is 1.74 bits per heavy atom. The number of amides is 2. The summed E-state index contributed by atoms with van der Waals surface area (Å²) in [5.74, 6) is -0.553. The molecule has 2 N–H and O–H groups in total. The molecule has 0 fully saturated rings. The summed E-state index contributed by atoms with van der Waals surface area (Å²) in [5, 5.41) is 7.85. The molecule has 7 heteroatoms. The molecule has 1 aromatic heterocycles. The van der Waals surface area contributed by atoms with Crippen molar-refractivity contribution in [3.63, 3.8) is 0 Å². The molecule has 0 unspecified atom stereocenters. The molecule has 144 valence electrons. The topological polar surface area (TPSA) is 75.3 Å². The second kappa shape index (κ2) is 10.2. The average molecular weight is 407 g/mol. The number of halogens is 1. The van der Waals surface area contributed by atoms with Crippen LogP contribution < -0.4 is 10.6 Å². The van der Waals surface area contributed by atoms with Gasteiger partial charge < -0.3 is 10.6 Å². The van der Waals surface area contributed by atoms with E-state index in [2.05, 4.69) is 10.6 Å². The normalized spacial score (nSPS) is 11.9. The molecular formula is C20H23ClN2O3S. The fourth-order valence-corrected chi connectivity index (χ4v) is 3.75. The number of hydrogen-bond acceptors (Lipinski definition) is 4. The molecule has 0 radical (unpaired) electrons. The van der Waals surface area contributed by atoms with Crippen LogP contribution in [-0.4, -0.2) is 24.1 Å². The lowest BCUT2D eigenvalue weighted by Gasteiger charge is -2.21. The summed E-state index contributed by atoms with van der Waals surface area (Å²) in [6.45, 7) is 3.93. The first-order valence-electron chi connectivity index (χ1n) is 8.75. The summed E-state index contributed by atoms with van der Waals surface area (Å²) < 4.78 is 0. The molecule has 0 aliphatic carbocycles. The number of ketones is 1. The van der Waals surface area contributed by atoms with E-state index in [1.807, 2.05) is 31.4 Å². The molecule has 5 nitrogen and oxygen atoms in total. The van der Waals surface area contributed by atoms with Gasteiger partial charge in [0.25, 0.3) is 0 Å². The lowest BCUT2D eigenvalue weighted by atomic mass is 10.0. The maximum Gasteiger partial charge on any atom is 0.221 e. The molecule has 1 aromatic carbocycles. The molecule has 1 heterocycles. The van der Waals surface area contributed by atoms with E-state index in [9.17, 15) is 14.4 Å². The van der Waals surface area contributed by atoms with Gasteiger partial charge in [-0.15, -0.1) is 11.3 Å². The van der Waals surface area contributed by atoms with Crippen molar-refractivity contribution in [1.29, 1.82) is 0 Å². The number of rotatable bonds is 9. The van der Waals surface area contributed by atoms with E-state index in [4.69, 9.17) is 11.6 Å². The van der Waals surface area contributed by atoms with E-state index in [1.165, 1.54) is 0 Å². The van der Waals surface area contributed by atoms with E-state index in [1.54, 1.807) is 35.6 Å². The zero-order valence-corrected chi connectivity index (χ0v) is 16.9. The first kappa shape index (κ1) is 21.1. The molecule has 0 aliphatic heterocycles. The van der Waals surface area contributed by atoms with Gasteiger partial charge in [0.15, 0.2) is 5.78 Å². The van der Waals surface area contributed by atoms with Crippen LogP contribution in [0.4, 0.5) is 0 Å². The van der Waals surface area contributed by atoms with Crippen LogP contribution in [0.1, 0.15) is 48.0 Å². The molecule has 2 aromatic rings. The third kappa shape index (κ3) is 6.48. The van der Waals surface area contributed by atoms with E-state index >= 15 is 0 Å². The minimum absolute atomic E-state index is 0.0247. The van der Waals surface area contributed by atoms with Gasteiger partial charge in [-0.25, -0.2) is 0 Å². The number of hydrogen-bond donors (Lipinski definition) is 2. The Hall–Kier alpha value is -2.18. The summed E-state index contributed by atoms with van der Waals surface area (Å²) in [7, 11) is 0. The van der Waals surface area contributed by atoms with Crippen molar-refractivity contribution in [1.82, 2.24) is 10.6 Å². The number of nitrogens with one attached hydrogen (secondary N) is 2. The maximum atomic E-state index is 12.2. The number of carbonyl (C=O) groups is 3. The van der Waals surface area contributed by atoms with Gasteiger partial charge in [0.05, 0.1) is 17.6 Å². The van der Waals surface area contributed by atoms with Gasteiger partial charge >= 0.3 is 0 Å². The van der Waals surface area contributed by atoms with Gasteiger partial charge in [0.1, 0.15) is 0 Å². The van der Waals surface area contributed by atoms with Crippen molar-refractivity contribution in [3.05, 3.63) is 57.2 Å². The SMILES string of the molecule is CC(C)[C@@H](NC(=O)CCC(=O)NCC(=O)c1ccccc1Cl)c1cccs1. The van der Waals surface area contributed by atoms with Crippen LogP contribution in [0.15, 0.2) is 41.8 Å². The minimum Gasteiger partial charge on any atom is -0.349 e. The standard InChI is InChI=1S/C20H23ClN2O3S/c1-13(2)20(17-8-5-11-27-17)23-19(26)10-9-18(25)22-12-16(24)14-6-3-4-7-15(14)21/h3-8,11,13,20H,9-10,12H2,1-2H3,(H,22,25)(H,23,26)/t20-/m1/s1. The predicted molar refractivity (Wildman–Crippen MR) is 108 cm³/mol. The van der Waals surface area contributed by atoms with Gasteiger partial charge in [0, 0.05) is 23.3 Å². The molecule has 0 spiro atoms. The average Bonchev–Trinajstić information content (AvgIpc) is 3.16. The van der Waals surface area contributed by atoms with Gasteiger partial charge in [-0.2, -0.15) is 0 Å². The van der Waals surface area contributed by atoms with Crippen molar-refractivity contribution < 1.29 is 14.4 Å².